The van der Waals surface area contributed by atoms with Crippen molar-refractivity contribution in [2.75, 3.05) is 19.7 Å². The molecule has 3 N–H and O–H groups in total. The molecule has 0 aliphatic carbocycles. The lowest BCUT2D eigenvalue weighted by atomic mass is 10.1. The van der Waals surface area contributed by atoms with Gasteiger partial charge in [0, 0.05) is 6.54 Å². The van der Waals surface area contributed by atoms with Gasteiger partial charge >= 0.3 is 0 Å². The Balaban J connectivity index is 3.19. The van der Waals surface area contributed by atoms with Crippen LogP contribution in [0.5, 0.6) is 0 Å². The third-order valence-corrected chi connectivity index (χ3v) is 1.80. The van der Waals surface area contributed by atoms with Crippen molar-refractivity contribution in [2.24, 2.45) is 0 Å². The third-order valence-electron chi connectivity index (χ3n) is 1.80. The molecule has 74 valence electrons. The molecule has 0 rings (SSSR count). The molecule has 0 radical (unpaired) electrons. The summed E-state index contributed by atoms with van der Waals surface area (Å²) in [6, 6.07) is 0. The van der Waals surface area contributed by atoms with Crippen molar-refractivity contribution in [3.63, 3.8) is 0 Å². The average Bonchev–Trinajstić information content (AvgIpc) is 2.04. The van der Waals surface area contributed by atoms with Gasteiger partial charge in [-0.15, -0.1) is 0 Å². The number of hydrogen-bond donors (Lipinski definition) is 3. The minimum atomic E-state index is -0.966. The highest BCUT2D eigenvalue weighted by Crippen LogP contribution is 1.98. The lowest BCUT2D eigenvalue weighted by Gasteiger charge is -2.20. The zero-order valence-electron chi connectivity index (χ0n) is 8.14. The third kappa shape index (κ3) is 6.58. The quantitative estimate of drug-likeness (QED) is 0.494. The van der Waals surface area contributed by atoms with E-state index in [1.165, 1.54) is 12.8 Å². The fraction of sp³-hybridized carbons (Fsp3) is 1.00. The number of rotatable bonds is 7. The molecule has 0 aromatic carbocycles. The van der Waals surface area contributed by atoms with Crippen LogP contribution in [0.4, 0.5) is 0 Å². The van der Waals surface area contributed by atoms with Gasteiger partial charge < -0.3 is 15.5 Å². The standard InChI is InChI=1S/C9H21NO2/c1-3-4-5-6-10-7-9(2,12)8-11/h10-12H,3-8H2,1-2H3. The second-order valence-corrected chi connectivity index (χ2v) is 3.54. The SMILES string of the molecule is CCCCCNCC(C)(O)CO. The van der Waals surface area contributed by atoms with Crippen molar-refractivity contribution in [2.45, 2.75) is 38.7 Å². The van der Waals surface area contributed by atoms with E-state index >= 15 is 0 Å². The maximum atomic E-state index is 9.37. The van der Waals surface area contributed by atoms with E-state index < -0.39 is 5.60 Å². The lowest BCUT2D eigenvalue weighted by Crippen LogP contribution is -2.41. The summed E-state index contributed by atoms with van der Waals surface area (Å²) in [5.74, 6) is 0. The Bertz CT molecular complexity index is 105. The zero-order chi connectivity index (χ0) is 9.45. The molecule has 0 bridgehead atoms. The van der Waals surface area contributed by atoms with Crippen molar-refractivity contribution in [1.82, 2.24) is 5.32 Å². The molecule has 1 atom stereocenters. The van der Waals surface area contributed by atoms with Crippen molar-refractivity contribution in [1.29, 1.82) is 0 Å². The van der Waals surface area contributed by atoms with Crippen LogP contribution in [0.2, 0.25) is 0 Å². The van der Waals surface area contributed by atoms with E-state index in [-0.39, 0.29) is 6.61 Å². The van der Waals surface area contributed by atoms with Crippen LogP contribution < -0.4 is 5.32 Å². The summed E-state index contributed by atoms with van der Waals surface area (Å²) < 4.78 is 0. The molecule has 12 heavy (non-hydrogen) atoms. The number of aliphatic hydroxyl groups excluding tert-OH is 1. The van der Waals surface area contributed by atoms with E-state index in [0.29, 0.717) is 6.54 Å². The Hall–Kier alpha value is -0.120. The first-order valence-corrected chi connectivity index (χ1v) is 4.66. The molecule has 1 unspecified atom stereocenters. The van der Waals surface area contributed by atoms with Gasteiger partial charge in [0.2, 0.25) is 0 Å². The van der Waals surface area contributed by atoms with E-state index in [9.17, 15) is 5.11 Å². The summed E-state index contributed by atoms with van der Waals surface area (Å²) in [7, 11) is 0. The summed E-state index contributed by atoms with van der Waals surface area (Å²) in [5, 5.41) is 21.2. The summed E-state index contributed by atoms with van der Waals surface area (Å²) >= 11 is 0. The smallest absolute Gasteiger partial charge is 0.0972 e. The Morgan fingerprint density at radius 2 is 2.00 bits per heavy atom. The molecule has 0 aromatic heterocycles. The molecule has 0 spiro atoms. The molecule has 3 nitrogen and oxygen atoms in total. The van der Waals surface area contributed by atoms with Gasteiger partial charge in [-0.2, -0.15) is 0 Å². The van der Waals surface area contributed by atoms with Crippen LogP contribution in [0.3, 0.4) is 0 Å². The zero-order valence-corrected chi connectivity index (χ0v) is 8.14. The van der Waals surface area contributed by atoms with Crippen molar-refractivity contribution in [3.8, 4) is 0 Å². The Labute approximate surface area is 74.8 Å². The Morgan fingerprint density at radius 1 is 1.33 bits per heavy atom. The topological polar surface area (TPSA) is 52.5 Å². The van der Waals surface area contributed by atoms with Gasteiger partial charge in [0.15, 0.2) is 0 Å². The van der Waals surface area contributed by atoms with Crippen LogP contribution >= 0.6 is 0 Å². The van der Waals surface area contributed by atoms with Crippen LogP contribution in [0.1, 0.15) is 33.1 Å². The van der Waals surface area contributed by atoms with Crippen LogP contribution in [-0.2, 0) is 0 Å². The second-order valence-electron chi connectivity index (χ2n) is 3.54. The van der Waals surface area contributed by atoms with E-state index in [1.54, 1.807) is 6.92 Å². The summed E-state index contributed by atoms with van der Waals surface area (Å²) in [4.78, 5) is 0. The first-order valence-electron chi connectivity index (χ1n) is 4.66. The monoisotopic (exact) mass is 175 g/mol. The molecular weight excluding hydrogens is 154 g/mol. The fourth-order valence-corrected chi connectivity index (χ4v) is 0.914. The van der Waals surface area contributed by atoms with E-state index in [1.807, 2.05) is 0 Å². The van der Waals surface area contributed by atoms with Crippen LogP contribution in [0, 0.1) is 0 Å². The summed E-state index contributed by atoms with van der Waals surface area (Å²) in [6.45, 7) is 4.98. The van der Waals surface area contributed by atoms with Crippen molar-refractivity contribution < 1.29 is 10.2 Å². The normalized spacial score (nSPS) is 16.0. The lowest BCUT2D eigenvalue weighted by molar-refractivity contribution is 0.00287. The van der Waals surface area contributed by atoms with Gasteiger partial charge in [0.25, 0.3) is 0 Å². The molecule has 0 aliphatic heterocycles. The molecule has 0 aliphatic rings. The molecule has 0 fully saturated rings. The largest absolute Gasteiger partial charge is 0.393 e. The molecule has 0 amide bonds. The number of hydrogen-bond acceptors (Lipinski definition) is 3. The van der Waals surface area contributed by atoms with Gasteiger partial charge in [-0.1, -0.05) is 19.8 Å². The number of nitrogens with one attached hydrogen (secondary N) is 1. The van der Waals surface area contributed by atoms with Crippen LogP contribution in [-0.4, -0.2) is 35.5 Å². The molecule has 0 saturated carbocycles. The fourth-order valence-electron chi connectivity index (χ4n) is 0.914. The van der Waals surface area contributed by atoms with E-state index in [4.69, 9.17) is 5.11 Å². The van der Waals surface area contributed by atoms with Crippen LogP contribution in [0.15, 0.2) is 0 Å². The Morgan fingerprint density at radius 3 is 2.50 bits per heavy atom. The van der Waals surface area contributed by atoms with Gasteiger partial charge in [-0.3, -0.25) is 0 Å². The second kappa shape index (κ2) is 6.40. The molecule has 0 heterocycles. The number of unbranched alkanes of at least 4 members (excludes halogenated alkanes) is 2. The van der Waals surface area contributed by atoms with Crippen molar-refractivity contribution >= 4 is 0 Å². The highest BCUT2D eigenvalue weighted by atomic mass is 16.3. The highest BCUT2D eigenvalue weighted by Gasteiger charge is 2.17. The molecular formula is C9H21NO2. The summed E-state index contributed by atoms with van der Waals surface area (Å²) in [5.41, 5.74) is -0.966. The van der Waals surface area contributed by atoms with Crippen molar-refractivity contribution in [3.05, 3.63) is 0 Å². The first-order chi connectivity index (χ1) is 5.62. The van der Waals surface area contributed by atoms with Gasteiger partial charge in [0.05, 0.1) is 12.2 Å². The van der Waals surface area contributed by atoms with Crippen LogP contribution in [0.25, 0.3) is 0 Å². The minimum Gasteiger partial charge on any atom is -0.393 e. The summed E-state index contributed by atoms with van der Waals surface area (Å²) in [6.07, 6.45) is 3.56. The predicted octanol–water partition coefficient (Wildman–Crippen LogP) is 0.509. The maximum absolute atomic E-state index is 9.37. The number of aliphatic hydroxyl groups is 2. The minimum absolute atomic E-state index is 0.187. The van der Waals surface area contributed by atoms with Gasteiger partial charge in [-0.25, -0.2) is 0 Å². The average molecular weight is 175 g/mol. The predicted molar refractivity (Wildman–Crippen MR) is 50.1 cm³/mol. The van der Waals surface area contributed by atoms with Gasteiger partial charge in [0.1, 0.15) is 0 Å². The van der Waals surface area contributed by atoms with E-state index in [2.05, 4.69) is 12.2 Å². The molecule has 0 saturated heterocycles. The van der Waals surface area contributed by atoms with E-state index in [0.717, 1.165) is 13.0 Å². The molecule has 3 heteroatoms. The maximum Gasteiger partial charge on any atom is 0.0972 e. The Kier molecular flexibility index (Phi) is 6.34. The molecule has 0 aromatic rings. The highest BCUT2D eigenvalue weighted by molar-refractivity contribution is 4.73. The first kappa shape index (κ1) is 11.9. The van der Waals surface area contributed by atoms with Gasteiger partial charge in [-0.05, 0) is 19.9 Å².